The second-order valence-corrected chi connectivity index (χ2v) is 16.3. The molecule has 0 spiro atoms. The molecule has 2 fully saturated rings. The van der Waals surface area contributed by atoms with Crippen molar-refractivity contribution in [3.63, 3.8) is 0 Å². The van der Waals surface area contributed by atoms with Gasteiger partial charge in [-0.05, 0) is 66.7 Å². The number of anilines is 2. The zero-order valence-corrected chi connectivity index (χ0v) is 30.7. The highest BCUT2D eigenvalue weighted by atomic mass is 35.5. The van der Waals surface area contributed by atoms with E-state index in [1.165, 1.54) is 17.8 Å². The van der Waals surface area contributed by atoms with Gasteiger partial charge in [0.25, 0.3) is 0 Å². The van der Waals surface area contributed by atoms with Gasteiger partial charge in [-0.2, -0.15) is 5.26 Å². The van der Waals surface area contributed by atoms with Gasteiger partial charge >= 0.3 is 12.2 Å². The third-order valence-corrected chi connectivity index (χ3v) is 10.2. The van der Waals surface area contributed by atoms with Crippen LogP contribution in [0.5, 0.6) is 0 Å². The summed E-state index contributed by atoms with van der Waals surface area (Å²) in [6.45, 7) is 11.2. The molecule has 2 aromatic carbocycles. The van der Waals surface area contributed by atoms with E-state index in [4.69, 9.17) is 26.1 Å². The molecule has 2 atom stereocenters. The summed E-state index contributed by atoms with van der Waals surface area (Å²) in [6, 6.07) is 3.59. The molecular weight excluding hydrogens is 713 g/mol. The zero-order chi connectivity index (χ0) is 36.4. The second-order valence-electron chi connectivity index (χ2n) is 14.1. The number of benzene rings is 2. The quantitative estimate of drug-likeness (QED) is 0.161. The summed E-state index contributed by atoms with van der Waals surface area (Å²) < 4.78 is 58.8. The van der Waals surface area contributed by atoms with E-state index in [0.717, 1.165) is 12.8 Å². The molecule has 4 aromatic rings. The maximum Gasteiger partial charge on any atom is 0.412 e. The first-order valence-corrected chi connectivity index (χ1v) is 18.2. The van der Waals surface area contributed by atoms with E-state index in [1.54, 1.807) is 31.9 Å². The number of hydrogen-bond donors (Lipinski definition) is 1. The summed E-state index contributed by atoms with van der Waals surface area (Å²) in [5, 5.41) is 12.5. The highest BCUT2D eigenvalue weighted by Gasteiger charge is 2.45. The smallest absolute Gasteiger partial charge is 0.412 e. The van der Waals surface area contributed by atoms with Gasteiger partial charge in [-0.3, -0.25) is 10.2 Å². The number of fused-ring (bicyclic) bond motifs is 4. The van der Waals surface area contributed by atoms with E-state index in [-0.39, 0.29) is 59.9 Å². The standard InChI is InChI=1S/C34H34ClF3N6O4S2/c1-33(2,3)47-31(45)42-29-18(12-39)22-24(20(36)11-21(37)27(22)50-29)23-19(35)10-17-26(25(23)38)40-30(49-7)41-28(17)43-13-15-8-9-16(14-43)44(15)32(46)48-34(4,5)6/h10-11,15-16H,8-9,13-14H2,1-7H3,(H,42,45). The molecule has 0 aliphatic carbocycles. The molecule has 16 heteroatoms. The van der Waals surface area contributed by atoms with Crippen LogP contribution < -0.4 is 10.2 Å². The van der Waals surface area contributed by atoms with E-state index in [9.17, 15) is 14.9 Å². The zero-order valence-electron chi connectivity index (χ0n) is 28.3. The molecule has 264 valence electrons. The van der Waals surface area contributed by atoms with Crippen LogP contribution in [0.25, 0.3) is 32.1 Å². The number of carbonyl (C=O) groups is 2. The molecule has 6 rings (SSSR count). The molecule has 2 bridgehead atoms. The number of nitriles is 1. The molecule has 2 saturated heterocycles. The number of thiophene rings is 1. The van der Waals surface area contributed by atoms with Crippen molar-refractivity contribution < 1.29 is 32.2 Å². The van der Waals surface area contributed by atoms with Crippen molar-refractivity contribution in [3.8, 4) is 17.2 Å². The minimum absolute atomic E-state index is 0.103. The molecule has 0 radical (unpaired) electrons. The molecule has 2 amide bonds. The Hall–Kier alpha value is -4.00. The van der Waals surface area contributed by atoms with Crippen LogP contribution in [0.2, 0.25) is 5.02 Å². The average Bonchev–Trinajstić information content (AvgIpc) is 3.49. The maximum atomic E-state index is 16.9. The number of ether oxygens (including phenoxy) is 2. The van der Waals surface area contributed by atoms with Crippen LogP contribution >= 0.6 is 34.7 Å². The van der Waals surface area contributed by atoms with E-state index in [2.05, 4.69) is 10.3 Å². The monoisotopic (exact) mass is 746 g/mol. The first kappa shape index (κ1) is 35.8. The fourth-order valence-corrected chi connectivity index (χ4v) is 8.15. The Kier molecular flexibility index (Phi) is 9.28. The number of halogens is 4. The summed E-state index contributed by atoms with van der Waals surface area (Å²) in [5.41, 5.74) is -2.85. The van der Waals surface area contributed by atoms with E-state index in [0.29, 0.717) is 36.3 Å². The fourth-order valence-electron chi connectivity index (χ4n) is 6.45. The summed E-state index contributed by atoms with van der Waals surface area (Å²) in [4.78, 5) is 38.6. The molecular formula is C34H34ClF3N6O4S2. The van der Waals surface area contributed by atoms with Crippen LogP contribution in [-0.2, 0) is 9.47 Å². The highest BCUT2D eigenvalue weighted by Crippen LogP contribution is 2.48. The summed E-state index contributed by atoms with van der Waals surface area (Å²) in [6.07, 6.45) is 1.95. The third-order valence-electron chi connectivity index (χ3n) is 8.25. The van der Waals surface area contributed by atoms with E-state index in [1.807, 2.05) is 31.7 Å². The predicted molar refractivity (Wildman–Crippen MR) is 189 cm³/mol. The number of carbonyl (C=O) groups excluding carboxylic acids is 2. The number of nitrogens with one attached hydrogen (secondary N) is 1. The van der Waals surface area contributed by atoms with Gasteiger partial charge in [0, 0.05) is 41.1 Å². The van der Waals surface area contributed by atoms with Crippen molar-refractivity contribution in [1.82, 2.24) is 14.9 Å². The maximum absolute atomic E-state index is 16.9. The van der Waals surface area contributed by atoms with Crippen LogP contribution in [0.4, 0.5) is 33.6 Å². The van der Waals surface area contributed by atoms with Gasteiger partial charge in [0.1, 0.15) is 45.2 Å². The molecule has 2 unspecified atom stereocenters. The van der Waals surface area contributed by atoms with Gasteiger partial charge < -0.3 is 14.4 Å². The normalized spacial score (nSPS) is 17.7. The number of piperazine rings is 1. The van der Waals surface area contributed by atoms with Gasteiger partial charge in [-0.25, -0.2) is 32.7 Å². The second kappa shape index (κ2) is 13.0. The lowest BCUT2D eigenvalue weighted by Crippen LogP contribution is -2.57. The van der Waals surface area contributed by atoms with Crippen molar-refractivity contribution >= 4 is 78.7 Å². The van der Waals surface area contributed by atoms with Crippen LogP contribution in [0.15, 0.2) is 17.3 Å². The predicted octanol–water partition coefficient (Wildman–Crippen LogP) is 9.11. The summed E-state index contributed by atoms with van der Waals surface area (Å²) in [7, 11) is 0. The van der Waals surface area contributed by atoms with Crippen molar-refractivity contribution in [3.05, 3.63) is 40.2 Å². The number of nitrogens with zero attached hydrogens (tertiary/aromatic N) is 5. The Morgan fingerprint density at radius 2 is 1.66 bits per heavy atom. The van der Waals surface area contributed by atoms with Crippen LogP contribution in [0.3, 0.4) is 0 Å². The molecule has 2 aliphatic rings. The average molecular weight is 747 g/mol. The number of hydrogen-bond acceptors (Lipinski definition) is 10. The summed E-state index contributed by atoms with van der Waals surface area (Å²) >= 11 is 8.64. The first-order valence-electron chi connectivity index (χ1n) is 15.8. The molecule has 0 saturated carbocycles. The van der Waals surface area contributed by atoms with Gasteiger partial charge in [0.05, 0.1) is 27.4 Å². The minimum Gasteiger partial charge on any atom is -0.444 e. The molecule has 1 N–H and O–H groups in total. The number of aromatic nitrogens is 2. The third kappa shape index (κ3) is 6.60. The molecule has 4 heterocycles. The van der Waals surface area contributed by atoms with E-state index < -0.39 is 45.9 Å². The van der Waals surface area contributed by atoms with Gasteiger partial charge in [0.15, 0.2) is 11.0 Å². The largest absolute Gasteiger partial charge is 0.444 e. The lowest BCUT2D eigenvalue weighted by molar-refractivity contribution is 0.0122. The first-order chi connectivity index (χ1) is 23.4. The van der Waals surface area contributed by atoms with Crippen LogP contribution in [0, 0.1) is 28.8 Å². The molecule has 50 heavy (non-hydrogen) atoms. The number of rotatable bonds is 4. The Morgan fingerprint density at radius 1 is 1.02 bits per heavy atom. The molecule has 2 aliphatic heterocycles. The van der Waals surface area contributed by atoms with Crippen molar-refractivity contribution in [2.45, 2.75) is 82.8 Å². The lowest BCUT2D eigenvalue weighted by atomic mass is 9.96. The topological polar surface area (TPSA) is 121 Å². The highest BCUT2D eigenvalue weighted by molar-refractivity contribution is 7.98. The Labute approximate surface area is 299 Å². The molecule has 2 aromatic heterocycles. The number of thioether (sulfide) groups is 1. The van der Waals surface area contributed by atoms with Crippen molar-refractivity contribution in [2.75, 3.05) is 29.6 Å². The van der Waals surface area contributed by atoms with E-state index >= 15 is 13.2 Å². The Bertz CT molecular complexity index is 2100. The fraction of sp³-hybridized carbons (Fsp3) is 0.441. The van der Waals surface area contributed by atoms with Gasteiger partial charge in [0.2, 0.25) is 0 Å². The Balaban J connectivity index is 1.47. The SMILES string of the molecule is CSc1nc(N2CC3CCC(C2)N3C(=O)OC(C)(C)C)c2cc(Cl)c(-c3c(F)cc(F)c4sc(NC(=O)OC(C)(C)C)c(C#N)c34)c(F)c2n1. The lowest BCUT2D eigenvalue weighted by Gasteiger charge is -2.42. The van der Waals surface area contributed by atoms with Crippen molar-refractivity contribution in [2.24, 2.45) is 0 Å². The minimum atomic E-state index is -1.16. The van der Waals surface area contributed by atoms with Gasteiger partial charge in [-0.1, -0.05) is 23.4 Å². The summed E-state index contributed by atoms with van der Waals surface area (Å²) in [5.74, 6) is -2.77. The van der Waals surface area contributed by atoms with Gasteiger partial charge in [-0.15, -0.1) is 11.3 Å². The number of amides is 2. The van der Waals surface area contributed by atoms with Crippen LogP contribution in [-0.4, -0.2) is 69.7 Å². The van der Waals surface area contributed by atoms with Crippen LogP contribution in [0.1, 0.15) is 59.9 Å². The van der Waals surface area contributed by atoms with Crippen molar-refractivity contribution in [1.29, 1.82) is 5.26 Å². The Morgan fingerprint density at radius 3 is 2.24 bits per heavy atom. The molecule has 10 nitrogen and oxygen atoms in total.